The van der Waals surface area contributed by atoms with Crippen LogP contribution >= 0.6 is 0 Å². The zero-order chi connectivity index (χ0) is 10.9. The number of hydrogen-bond donors (Lipinski definition) is 2. The van der Waals surface area contributed by atoms with Crippen LogP contribution in [0, 0.1) is 17.4 Å². The van der Waals surface area contributed by atoms with Gasteiger partial charge in [0.05, 0.1) is 12.0 Å². The SMILES string of the molecule is CC(O)[C@@H]1C(=O)N[C@@H]1C#C[Si](C)(C)C. The predicted molar refractivity (Wildman–Crippen MR) is 58.2 cm³/mol. The van der Waals surface area contributed by atoms with Crippen molar-refractivity contribution in [3.05, 3.63) is 0 Å². The molecule has 1 amide bonds. The van der Waals surface area contributed by atoms with Gasteiger partial charge < -0.3 is 10.4 Å². The summed E-state index contributed by atoms with van der Waals surface area (Å²) in [7, 11) is -1.38. The lowest BCUT2D eigenvalue weighted by atomic mass is 9.87. The first kappa shape index (κ1) is 11.3. The highest BCUT2D eigenvalue weighted by Gasteiger charge is 2.41. The minimum atomic E-state index is -1.38. The second-order valence-electron chi connectivity index (χ2n) is 4.77. The average Bonchev–Trinajstić information content (AvgIpc) is 1.93. The van der Waals surface area contributed by atoms with E-state index in [0.717, 1.165) is 0 Å². The van der Waals surface area contributed by atoms with Gasteiger partial charge in [0, 0.05) is 0 Å². The highest BCUT2D eigenvalue weighted by Crippen LogP contribution is 2.18. The molecule has 0 bridgehead atoms. The van der Waals surface area contributed by atoms with Crippen LogP contribution in [0.15, 0.2) is 0 Å². The fourth-order valence-corrected chi connectivity index (χ4v) is 1.90. The lowest BCUT2D eigenvalue weighted by molar-refractivity contribution is -0.138. The van der Waals surface area contributed by atoms with Crippen molar-refractivity contribution < 1.29 is 9.90 Å². The summed E-state index contributed by atoms with van der Waals surface area (Å²) < 4.78 is 0. The Balaban J connectivity index is 2.63. The van der Waals surface area contributed by atoms with Crippen LogP contribution in [0.2, 0.25) is 19.6 Å². The largest absolute Gasteiger partial charge is 0.392 e. The van der Waals surface area contributed by atoms with E-state index in [0.29, 0.717) is 0 Å². The van der Waals surface area contributed by atoms with Crippen molar-refractivity contribution in [1.82, 2.24) is 5.32 Å². The van der Waals surface area contributed by atoms with Gasteiger partial charge in [0.2, 0.25) is 5.91 Å². The van der Waals surface area contributed by atoms with Gasteiger partial charge in [-0.15, -0.1) is 5.54 Å². The van der Waals surface area contributed by atoms with Crippen LogP contribution in [0.3, 0.4) is 0 Å². The van der Waals surface area contributed by atoms with Crippen molar-refractivity contribution in [3.63, 3.8) is 0 Å². The molecule has 0 aromatic carbocycles. The maximum Gasteiger partial charge on any atom is 0.229 e. The quantitative estimate of drug-likeness (QED) is 0.374. The van der Waals surface area contributed by atoms with E-state index in [2.05, 4.69) is 36.4 Å². The van der Waals surface area contributed by atoms with E-state index >= 15 is 0 Å². The number of carbonyl (C=O) groups is 1. The summed E-state index contributed by atoms with van der Waals surface area (Å²) in [5.41, 5.74) is 3.19. The molecular weight excluding hydrogens is 194 g/mol. The van der Waals surface area contributed by atoms with Crippen LogP contribution in [0.1, 0.15) is 6.92 Å². The first-order valence-electron chi connectivity index (χ1n) is 4.82. The van der Waals surface area contributed by atoms with Crippen LogP contribution in [-0.4, -0.2) is 31.2 Å². The molecule has 0 radical (unpaired) electrons. The van der Waals surface area contributed by atoms with Crippen LogP contribution in [-0.2, 0) is 4.79 Å². The van der Waals surface area contributed by atoms with Gasteiger partial charge in [-0.05, 0) is 6.92 Å². The smallest absolute Gasteiger partial charge is 0.229 e. The third-order valence-electron chi connectivity index (χ3n) is 2.08. The highest BCUT2D eigenvalue weighted by molar-refractivity contribution is 6.83. The third kappa shape index (κ3) is 2.60. The maximum absolute atomic E-state index is 11.1. The topological polar surface area (TPSA) is 49.3 Å². The molecule has 0 spiro atoms. The Morgan fingerprint density at radius 2 is 2.07 bits per heavy atom. The Hall–Kier alpha value is -0.793. The Morgan fingerprint density at radius 1 is 1.50 bits per heavy atom. The molecule has 78 valence electrons. The van der Waals surface area contributed by atoms with E-state index < -0.39 is 14.2 Å². The van der Waals surface area contributed by atoms with E-state index in [1.165, 1.54) is 0 Å². The van der Waals surface area contributed by atoms with E-state index in [1.54, 1.807) is 6.92 Å². The fourth-order valence-electron chi connectivity index (χ4n) is 1.31. The number of hydrogen-bond acceptors (Lipinski definition) is 2. The number of rotatable bonds is 1. The number of aliphatic hydroxyl groups excluding tert-OH is 1. The molecule has 4 heteroatoms. The predicted octanol–water partition coefficient (Wildman–Crippen LogP) is 0.363. The molecule has 1 unspecified atom stereocenters. The summed E-state index contributed by atoms with van der Waals surface area (Å²) in [5.74, 6) is 2.62. The first-order valence-corrected chi connectivity index (χ1v) is 8.32. The second kappa shape index (κ2) is 3.75. The van der Waals surface area contributed by atoms with Crippen molar-refractivity contribution in [2.45, 2.75) is 38.7 Å². The number of nitrogens with one attached hydrogen (secondary N) is 1. The van der Waals surface area contributed by atoms with E-state index in [4.69, 9.17) is 0 Å². The molecule has 1 aliphatic rings. The molecule has 0 saturated carbocycles. The van der Waals surface area contributed by atoms with Crippen molar-refractivity contribution in [1.29, 1.82) is 0 Å². The fraction of sp³-hybridized carbons (Fsp3) is 0.700. The summed E-state index contributed by atoms with van der Waals surface area (Å²) in [6, 6.07) is -0.144. The maximum atomic E-state index is 11.1. The number of β-lactam (4-membered cyclic amide) rings is 1. The normalized spacial score (nSPS) is 28.2. The Kier molecular flexibility index (Phi) is 3.03. The molecule has 0 aliphatic carbocycles. The van der Waals surface area contributed by atoms with Crippen LogP contribution in [0.4, 0.5) is 0 Å². The minimum Gasteiger partial charge on any atom is -0.392 e. The molecule has 3 atom stereocenters. The van der Waals surface area contributed by atoms with Gasteiger partial charge in [-0.2, -0.15) is 0 Å². The number of amides is 1. The molecule has 0 aromatic heterocycles. The molecule has 1 heterocycles. The molecule has 2 N–H and O–H groups in total. The second-order valence-corrected chi connectivity index (χ2v) is 9.52. The molecular formula is C10H17NO2Si. The summed E-state index contributed by atoms with van der Waals surface area (Å²) in [5, 5.41) is 12.0. The van der Waals surface area contributed by atoms with Gasteiger partial charge in [-0.25, -0.2) is 0 Å². The zero-order valence-corrected chi connectivity index (χ0v) is 10.1. The molecule has 3 nitrogen and oxygen atoms in total. The first-order chi connectivity index (χ1) is 6.31. The summed E-state index contributed by atoms with van der Waals surface area (Å²) >= 11 is 0. The standard InChI is InChI=1S/C10H17NO2Si/c1-7(12)9-8(11-10(9)13)5-6-14(2,3)4/h7-9,12H,1-4H3,(H,11,13)/t7?,8-,9+/m1/s1. The monoisotopic (exact) mass is 211 g/mol. The molecule has 1 fully saturated rings. The van der Waals surface area contributed by atoms with Crippen LogP contribution in [0.5, 0.6) is 0 Å². The average molecular weight is 211 g/mol. The Labute approximate surface area is 85.9 Å². The van der Waals surface area contributed by atoms with Crippen molar-refractivity contribution in [3.8, 4) is 11.5 Å². The van der Waals surface area contributed by atoms with Crippen LogP contribution < -0.4 is 5.32 Å². The van der Waals surface area contributed by atoms with Crippen molar-refractivity contribution in [2.24, 2.45) is 5.92 Å². The summed E-state index contributed by atoms with van der Waals surface area (Å²) in [6.45, 7) is 8.08. The highest BCUT2D eigenvalue weighted by atomic mass is 28.3. The molecule has 14 heavy (non-hydrogen) atoms. The van der Waals surface area contributed by atoms with Gasteiger partial charge in [-0.3, -0.25) is 4.79 Å². The van der Waals surface area contributed by atoms with E-state index in [1.807, 2.05) is 0 Å². The lowest BCUT2D eigenvalue weighted by Crippen LogP contribution is -2.61. The molecule has 1 rings (SSSR count). The van der Waals surface area contributed by atoms with Crippen molar-refractivity contribution in [2.75, 3.05) is 0 Å². The Bertz CT molecular complexity index is 295. The van der Waals surface area contributed by atoms with E-state index in [-0.39, 0.29) is 17.9 Å². The number of carbonyl (C=O) groups excluding carboxylic acids is 1. The van der Waals surface area contributed by atoms with Gasteiger partial charge in [-0.1, -0.05) is 25.6 Å². The summed E-state index contributed by atoms with van der Waals surface area (Å²) in [6.07, 6.45) is -0.607. The molecule has 1 aliphatic heterocycles. The van der Waals surface area contributed by atoms with Crippen molar-refractivity contribution >= 4 is 14.0 Å². The summed E-state index contributed by atoms with van der Waals surface area (Å²) in [4.78, 5) is 11.1. The van der Waals surface area contributed by atoms with Gasteiger partial charge in [0.25, 0.3) is 0 Å². The lowest BCUT2D eigenvalue weighted by Gasteiger charge is -2.35. The molecule has 1 saturated heterocycles. The number of aliphatic hydroxyl groups is 1. The molecule has 0 aromatic rings. The van der Waals surface area contributed by atoms with Gasteiger partial charge >= 0.3 is 0 Å². The Morgan fingerprint density at radius 3 is 2.43 bits per heavy atom. The van der Waals surface area contributed by atoms with E-state index in [9.17, 15) is 9.90 Å². The third-order valence-corrected chi connectivity index (χ3v) is 2.98. The van der Waals surface area contributed by atoms with Gasteiger partial charge in [0.1, 0.15) is 14.1 Å². The van der Waals surface area contributed by atoms with Crippen LogP contribution in [0.25, 0.3) is 0 Å². The minimum absolute atomic E-state index is 0.0881. The van der Waals surface area contributed by atoms with Gasteiger partial charge in [0.15, 0.2) is 0 Å². The zero-order valence-electron chi connectivity index (χ0n) is 9.09.